The van der Waals surface area contributed by atoms with Crippen molar-refractivity contribution in [2.75, 3.05) is 13.1 Å². The lowest BCUT2D eigenvalue weighted by molar-refractivity contribution is -0.385. The van der Waals surface area contributed by atoms with Gasteiger partial charge in [0, 0.05) is 24.7 Å². The van der Waals surface area contributed by atoms with Gasteiger partial charge in [-0.05, 0) is 30.9 Å². The van der Waals surface area contributed by atoms with Gasteiger partial charge < -0.3 is 5.73 Å². The van der Waals surface area contributed by atoms with Crippen molar-refractivity contribution >= 4 is 5.69 Å². The van der Waals surface area contributed by atoms with E-state index < -0.39 is 0 Å². The molecule has 1 aromatic carbocycles. The van der Waals surface area contributed by atoms with Gasteiger partial charge in [0.1, 0.15) is 0 Å². The molecule has 1 aliphatic rings. The van der Waals surface area contributed by atoms with Crippen molar-refractivity contribution in [3.8, 4) is 0 Å². The molecule has 0 saturated carbocycles. The van der Waals surface area contributed by atoms with Crippen LogP contribution in [-0.2, 0) is 0 Å². The number of likely N-dealkylation sites (tertiary alicyclic amines) is 1. The van der Waals surface area contributed by atoms with Crippen molar-refractivity contribution in [1.29, 1.82) is 0 Å². The fourth-order valence-corrected chi connectivity index (χ4v) is 3.05. The van der Waals surface area contributed by atoms with E-state index in [0.29, 0.717) is 5.92 Å². The molecule has 20 heavy (non-hydrogen) atoms. The average molecular weight is 277 g/mol. The normalized spacial score (nSPS) is 24.0. The maximum absolute atomic E-state index is 10.9. The van der Waals surface area contributed by atoms with Gasteiger partial charge >= 0.3 is 0 Å². The summed E-state index contributed by atoms with van der Waals surface area (Å²) in [5, 5.41) is 10.9. The van der Waals surface area contributed by atoms with E-state index in [1.165, 1.54) is 6.07 Å². The molecule has 0 amide bonds. The van der Waals surface area contributed by atoms with E-state index in [1.54, 1.807) is 12.1 Å². The lowest BCUT2D eigenvalue weighted by atomic mass is 9.90. The Morgan fingerprint density at radius 2 is 2.25 bits per heavy atom. The molecule has 1 heterocycles. The van der Waals surface area contributed by atoms with E-state index in [1.807, 2.05) is 6.07 Å². The van der Waals surface area contributed by atoms with Gasteiger partial charge in [-0.25, -0.2) is 0 Å². The van der Waals surface area contributed by atoms with Crippen LogP contribution in [-0.4, -0.2) is 29.0 Å². The molecule has 1 aromatic rings. The summed E-state index contributed by atoms with van der Waals surface area (Å²) in [6.07, 6.45) is 2.07. The molecule has 0 aliphatic carbocycles. The molecule has 1 fully saturated rings. The number of hydrogen-bond acceptors (Lipinski definition) is 4. The van der Waals surface area contributed by atoms with E-state index in [2.05, 4.69) is 18.7 Å². The number of non-ortho nitro benzene ring substituents is 1. The molecule has 2 atom stereocenters. The van der Waals surface area contributed by atoms with Gasteiger partial charge in [0.15, 0.2) is 0 Å². The Morgan fingerprint density at radius 1 is 1.50 bits per heavy atom. The van der Waals surface area contributed by atoms with E-state index in [0.717, 1.165) is 31.5 Å². The van der Waals surface area contributed by atoms with Crippen LogP contribution in [0.3, 0.4) is 0 Å². The van der Waals surface area contributed by atoms with Crippen LogP contribution in [0.15, 0.2) is 24.3 Å². The topological polar surface area (TPSA) is 72.4 Å². The number of benzene rings is 1. The van der Waals surface area contributed by atoms with Crippen LogP contribution in [0, 0.1) is 16.0 Å². The average Bonchev–Trinajstić information content (AvgIpc) is 2.38. The molecular weight excluding hydrogens is 254 g/mol. The minimum atomic E-state index is -0.343. The van der Waals surface area contributed by atoms with Crippen molar-refractivity contribution in [2.24, 2.45) is 11.7 Å². The summed E-state index contributed by atoms with van der Waals surface area (Å²) < 4.78 is 0. The third-order valence-corrected chi connectivity index (χ3v) is 3.80. The van der Waals surface area contributed by atoms with Crippen LogP contribution < -0.4 is 5.73 Å². The molecule has 0 radical (unpaired) electrons. The molecule has 2 N–H and O–H groups in total. The van der Waals surface area contributed by atoms with Crippen molar-refractivity contribution in [3.05, 3.63) is 39.9 Å². The molecule has 0 spiro atoms. The summed E-state index contributed by atoms with van der Waals surface area (Å²) in [5.41, 5.74) is 7.40. The molecule has 5 heteroatoms. The van der Waals surface area contributed by atoms with Crippen molar-refractivity contribution in [2.45, 2.75) is 38.8 Å². The number of nitro benzene ring substituents is 1. The highest BCUT2D eigenvalue weighted by Crippen LogP contribution is 2.32. The Morgan fingerprint density at radius 3 is 2.90 bits per heavy atom. The molecule has 1 saturated heterocycles. The minimum absolute atomic E-state index is 0.0458. The van der Waals surface area contributed by atoms with Crippen LogP contribution in [0.25, 0.3) is 0 Å². The molecule has 0 aromatic heterocycles. The first-order valence-electron chi connectivity index (χ1n) is 7.23. The molecule has 110 valence electrons. The fraction of sp³-hybridized carbons (Fsp3) is 0.600. The highest BCUT2D eigenvalue weighted by Gasteiger charge is 2.31. The van der Waals surface area contributed by atoms with Gasteiger partial charge in [-0.2, -0.15) is 0 Å². The molecule has 0 bridgehead atoms. The van der Waals surface area contributed by atoms with E-state index in [4.69, 9.17) is 5.73 Å². The van der Waals surface area contributed by atoms with Gasteiger partial charge in [-0.3, -0.25) is 15.0 Å². The van der Waals surface area contributed by atoms with Crippen molar-refractivity contribution in [3.63, 3.8) is 0 Å². The van der Waals surface area contributed by atoms with Gasteiger partial charge in [-0.15, -0.1) is 0 Å². The van der Waals surface area contributed by atoms with Crippen molar-refractivity contribution in [1.82, 2.24) is 4.90 Å². The predicted molar refractivity (Wildman–Crippen MR) is 79.5 cm³/mol. The zero-order valence-corrected chi connectivity index (χ0v) is 12.2. The summed E-state index contributed by atoms with van der Waals surface area (Å²) in [6.45, 7) is 6.36. The summed E-state index contributed by atoms with van der Waals surface area (Å²) >= 11 is 0. The number of piperidine rings is 1. The minimum Gasteiger partial charge on any atom is -0.326 e. The highest BCUT2D eigenvalue weighted by molar-refractivity contribution is 5.36. The standard InChI is InChI=1S/C15H23N3O2/c1-11(2)10-17-8-4-7-14(16)15(17)12-5-3-6-13(9-12)18(19)20/h3,5-6,9,11,14-15H,4,7-8,10,16H2,1-2H3. The summed E-state index contributed by atoms with van der Waals surface area (Å²) in [7, 11) is 0. The molecule has 2 unspecified atom stereocenters. The second-order valence-corrected chi connectivity index (χ2v) is 5.99. The second kappa shape index (κ2) is 6.33. The Hall–Kier alpha value is -1.46. The van der Waals surface area contributed by atoms with Crippen LogP contribution in [0.2, 0.25) is 0 Å². The van der Waals surface area contributed by atoms with Gasteiger partial charge in [-0.1, -0.05) is 26.0 Å². The number of nitrogens with zero attached hydrogens (tertiary/aromatic N) is 2. The molecule has 1 aliphatic heterocycles. The monoisotopic (exact) mass is 277 g/mol. The van der Waals surface area contributed by atoms with Gasteiger partial charge in [0.2, 0.25) is 0 Å². The summed E-state index contributed by atoms with van der Waals surface area (Å²) in [4.78, 5) is 13.0. The third kappa shape index (κ3) is 3.35. The second-order valence-electron chi connectivity index (χ2n) is 5.99. The zero-order chi connectivity index (χ0) is 14.7. The molecule has 5 nitrogen and oxygen atoms in total. The lowest BCUT2D eigenvalue weighted by Gasteiger charge is -2.41. The Kier molecular flexibility index (Phi) is 4.73. The van der Waals surface area contributed by atoms with Gasteiger partial charge in [0.05, 0.1) is 11.0 Å². The summed E-state index contributed by atoms with van der Waals surface area (Å²) in [6, 6.07) is 7.04. The first-order valence-corrected chi connectivity index (χ1v) is 7.23. The highest BCUT2D eigenvalue weighted by atomic mass is 16.6. The number of hydrogen-bond donors (Lipinski definition) is 1. The van der Waals surface area contributed by atoms with E-state index in [9.17, 15) is 10.1 Å². The van der Waals surface area contributed by atoms with E-state index in [-0.39, 0.29) is 22.7 Å². The summed E-state index contributed by atoms with van der Waals surface area (Å²) in [5.74, 6) is 0.557. The molecule has 2 rings (SSSR count). The number of nitro groups is 1. The maximum atomic E-state index is 10.9. The first kappa shape index (κ1) is 14.9. The van der Waals surface area contributed by atoms with Gasteiger partial charge in [0.25, 0.3) is 5.69 Å². The van der Waals surface area contributed by atoms with Crippen LogP contribution in [0.5, 0.6) is 0 Å². The smallest absolute Gasteiger partial charge is 0.269 e. The van der Waals surface area contributed by atoms with Crippen molar-refractivity contribution < 1.29 is 4.92 Å². The predicted octanol–water partition coefficient (Wildman–Crippen LogP) is 2.72. The number of rotatable bonds is 4. The Balaban J connectivity index is 2.29. The molecular formula is C15H23N3O2. The Labute approximate surface area is 119 Å². The SMILES string of the molecule is CC(C)CN1CCCC(N)C1c1cccc([N+](=O)[O-])c1. The third-order valence-electron chi connectivity index (χ3n) is 3.80. The maximum Gasteiger partial charge on any atom is 0.269 e. The largest absolute Gasteiger partial charge is 0.326 e. The lowest BCUT2D eigenvalue weighted by Crippen LogP contribution is -2.47. The van der Waals surface area contributed by atoms with Crippen LogP contribution in [0.1, 0.15) is 38.3 Å². The fourth-order valence-electron chi connectivity index (χ4n) is 3.05. The van der Waals surface area contributed by atoms with Crippen LogP contribution >= 0.6 is 0 Å². The quantitative estimate of drug-likeness (QED) is 0.678. The van der Waals surface area contributed by atoms with Crippen LogP contribution in [0.4, 0.5) is 5.69 Å². The zero-order valence-electron chi connectivity index (χ0n) is 12.2. The Bertz CT molecular complexity index is 476. The number of nitrogens with two attached hydrogens (primary N) is 1. The first-order chi connectivity index (χ1) is 9.49. The van der Waals surface area contributed by atoms with E-state index >= 15 is 0 Å².